The van der Waals surface area contributed by atoms with Gasteiger partial charge in [-0.3, -0.25) is 4.79 Å². The second-order valence-corrected chi connectivity index (χ2v) is 4.54. The Morgan fingerprint density at radius 3 is 2.40 bits per heavy atom. The lowest BCUT2D eigenvalue weighted by Crippen LogP contribution is -2.20. The lowest BCUT2D eigenvalue weighted by Gasteiger charge is -2.17. The summed E-state index contributed by atoms with van der Waals surface area (Å²) in [6.07, 6.45) is 0. The number of carbonyl (C=O) groups is 1. The van der Waals surface area contributed by atoms with Crippen molar-refractivity contribution in [3.05, 3.63) is 23.8 Å². The normalized spacial score (nSPS) is 11.2. The number of hydrogen-bond donors (Lipinski definition) is 1. The molecule has 3 nitrogen and oxygen atoms in total. The average Bonchev–Trinajstić information content (AvgIpc) is 2.16. The lowest BCUT2D eigenvalue weighted by molar-refractivity contribution is 0.0858. The SMILES string of the molecule is COc1cc(C(=O)C(C)(C)C)ccc1N. The summed E-state index contributed by atoms with van der Waals surface area (Å²) in [5, 5.41) is 0. The van der Waals surface area contributed by atoms with Crippen LogP contribution in [0.5, 0.6) is 5.75 Å². The van der Waals surface area contributed by atoms with Gasteiger partial charge in [0.25, 0.3) is 0 Å². The predicted octanol–water partition coefficient (Wildman–Crippen LogP) is 2.51. The molecule has 0 amide bonds. The summed E-state index contributed by atoms with van der Waals surface area (Å²) < 4.78 is 5.07. The first-order valence-corrected chi connectivity index (χ1v) is 4.84. The van der Waals surface area contributed by atoms with Gasteiger partial charge in [0.15, 0.2) is 5.78 Å². The lowest BCUT2D eigenvalue weighted by atomic mass is 9.86. The van der Waals surface area contributed by atoms with E-state index >= 15 is 0 Å². The number of benzene rings is 1. The highest BCUT2D eigenvalue weighted by Gasteiger charge is 2.23. The summed E-state index contributed by atoms with van der Waals surface area (Å²) in [5.41, 5.74) is 6.46. The van der Waals surface area contributed by atoms with E-state index in [9.17, 15) is 4.79 Å². The Kier molecular flexibility index (Phi) is 3.03. The molecule has 0 aliphatic rings. The second kappa shape index (κ2) is 3.93. The molecule has 1 rings (SSSR count). The van der Waals surface area contributed by atoms with Gasteiger partial charge in [-0.2, -0.15) is 0 Å². The topological polar surface area (TPSA) is 52.3 Å². The standard InChI is InChI=1S/C12H17NO2/c1-12(2,3)11(14)8-5-6-9(13)10(7-8)15-4/h5-7H,13H2,1-4H3. The van der Waals surface area contributed by atoms with Gasteiger partial charge in [0.05, 0.1) is 12.8 Å². The van der Waals surface area contributed by atoms with Crippen molar-refractivity contribution in [3.8, 4) is 5.75 Å². The van der Waals surface area contributed by atoms with Gasteiger partial charge < -0.3 is 10.5 Å². The van der Waals surface area contributed by atoms with Gasteiger partial charge in [-0.25, -0.2) is 0 Å². The van der Waals surface area contributed by atoms with Crippen LogP contribution in [-0.2, 0) is 0 Å². The van der Waals surface area contributed by atoms with Crippen LogP contribution in [0.2, 0.25) is 0 Å². The summed E-state index contributed by atoms with van der Waals surface area (Å²) in [6.45, 7) is 5.66. The van der Waals surface area contributed by atoms with E-state index in [0.717, 1.165) is 0 Å². The van der Waals surface area contributed by atoms with E-state index < -0.39 is 0 Å². The van der Waals surface area contributed by atoms with Gasteiger partial charge in [0.2, 0.25) is 0 Å². The highest BCUT2D eigenvalue weighted by molar-refractivity contribution is 6.00. The molecule has 0 fully saturated rings. The zero-order valence-electron chi connectivity index (χ0n) is 9.63. The summed E-state index contributed by atoms with van der Waals surface area (Å²) >= 11 is 0. The highest BCUT2D eigenvalue weighted by atomic mass is 16.5. The third-order valence-corrected chi connectivity index (χ3v) is 2.18. The van der Waals surface area contributed by atoms with Crippen molar-refractivity contribution in [3.63, 3.8) is 0 Å². The summed E-state index contributed by atoms with van der Waals surface area (Å²) in [6, 6.07) is 5.10. The number of hydrogen-bond acceptors (Lipinski definition) is 3. The molecule has 0 saturated carbocycles. The van der Waals surface area contributed by atoms with E-state index in [1.807, 2.05) is 20.8 Å². The number of anilines is 1. The maximum Gasteiger partial charge on any atom is 0.168 e. The second-order valence-electron chi connectivity index (χ2n) is 4.54. The number of carbonyl (C=O) groups excluding carboxylic acids is 1. The molecule has 0 radical (unpaired) electrons. The van der Waals surface area contributed by atoms with Crippen LogP contribution in [0.4, 0.5) is 5.69 Å². The van der Waals surface area contributed by atoms with Crippen LogP contribution in [0, 0.1) is 5.41 Å². The van der Waals surface area contributed by atoms with E-state index in [0.29, 0.717) is 17.0 Å². The van der Waals surface area contributed by atoms with Crippen molar-refractivity contribution >= 4 is 11.5 Å². The van der Waals surface area contributed by atoms with Gasteiger partial charge >= 0.3 is 0 Å². The number of Topliss-reactive ketones (excluding diaryl/α,β-unsaturated/α-hetero) is 1. The van der Waals surface area contributed by atoms with E-state index in [2.05, 4.69) is 0 Å². The zero-order valence-corrected chi connectivity index (χ0v) is 9.63. The predicted molar refractivity (Wildman–Crippen MR) is 61.2 cm³/mol. The molecule has 15 heavy (non-hydrogen) atoms. The Labute approximate surface area is 90.2 Å². The van der Waals surface area contributed by atoms with Crippen molar-refractivity contribution in [2.24, 2.45) is 5.41 Å². The molecule has 0 aliphatic heterocycles. The van der Waals surface area contributed by atoms with E-state index in [1.54, 1.807) is 18.2 Å². The van der Waals surface area contributed by atoms with Crippen molar-refractivity contribution in [1.82, 2.24) is 0 Å². The Morgan fingerprint density at radius 1 is 1.33 bits per heavy atom. The van der Waals surface area contributed by atoms with Gasteiger partial charge in [0, 0.05) is 11.0 Å². The fourth-order valence-corrected chi connectivity index (χ4v) is 1.29. The maximum absolute atomic E-state index is 11.9. The van der Waals surface area contributed by atoms with Crippen molar-refractivity contribution in [1.29, 1.82) is 0 Å². The van der Waals surface area contributed by atoms with Crippen molar-refractivity contribution in [2.75, 3.05) is 12.8 Å². The van der Waals surface area contributed by atoms with Gasteiger partial charge in [-0.05, 0) is 18.2 Å². The third-order valence-electron chi connectivity index (χ3n) is 2.18. The largest absolute Gasteiger partial charge is 0.495 e. The summed E-state index contributed by atoms with van der Waals surface area (Å²) in [4.78, 5) is 11.9. The Morgan fingerprint density at radius 2 is 1.93 bits per heavy atom. The molecular formula is C12H17NO2. The molecule has 0 aliphatic carbocycles. The quantitative estimate of drug-likeness (QED) is 0.598. The Hall–Kier alpha value is -1.51. The fourth-order valence-electron chi connectivity index (χ4n) is 1.29. The van der Waals surface area contributed by atoms with Crippen LogP contribution in [0.1, 0.15) is 31.1 Å². The van der Waals surface area contributed by atoms with Gasteiger partial charge in [-0.1, -0.05) is 20.8 Å². The number of nitrogen functional groups attached to an aromatic ring is 1. The number of nitrogens with two attached hydrogens (primary N) is 1. The minimum atomic E-state index is -0.388. The first-order valence-electron chi connectivity index (χ1n) is 4.84. The summed E-state index contributed by atoms with van der Waals surface area (Å²) in [7, 11) is 1.54. The molecular weight excluding hydrogens is 190 g/mol. The van der Waals surface area contributed by atoms with Gasteiger partial charge in [0.1, 0.15) is 5.75 Å². The monoisotopic (exact) mass is 207 g/mol. The number of ketones is 1. The van der Waals surface area contributed by atoms with Crippen LogP contribution >= 0.6 is 0 Å². The molecule has 0 atom stereocenters. The zero-order chi connectivity index (χ0) is 11.6. The van der Waals surface area contributed by atoms with Crippen LogP contribution < -0.4 is 10.5 Å². The molecule has 1 aromatic rings. The molecule has 3 heteroatoms. The number of methoxy groups -OCH3 is 1. The Balaban J connectivity index is 3.12. The molecule has 0 spiro atoms. The van der Waals surface area contributed by atoms with Crippen LogP contribution in [0.25, 0.3) is 0 Å². The molecule has 0 bridgehead atoms. The number of ether oxygens (including phenoxy) is 1. The van der Waals surface area contributed by atoms with Crippen LogP contribution in [0.3, 0.4) is 0 Å². The average molecular weight is 207 g/mol. The third kappa shape index (κ3) is 2.49. The van der Waals surface area contributed by atoms with Crippen molar-refractivity contribution in [2.45, 2.75) is 20.8 Å². The van der Waals surface area contributed by atoms with E-state index in [4.69, 9.17) is 10.5 Å². The molecule has 0 unspecified atom stereocenters. The van der Waals surface area contributed by atoms with Crippen molar-refractivity contribution < 1.29 is 9.53 Å². The minimum absolute atomic E-state index is 0.0841. The smallest absolute Gasteiger partial charge is 0.168 e. The molecule has 2 N–H and O–H groups in total. The minimum Gasteiger partial charge on any atom is -0.495 e. The first kappa shape index (κ1) is 11.6. The maximum atomic E-state index is 11.9. The molecule has 82 valence electrons. The fraction of sp³-hybridized carbons (Fsp3) is 0.417. The summed E-state index contributed by atoms with van der Waals surface area (Å²) in [5.74, 6) is 0.630. The molecule has 0 heterocycles. The van der Waals surface area contributed by atoms with E-state index in [1.165, 1.54) is 7.11 Å². The molecule has 0 saturated heterocycles. The van der Waals surface area contributed by atoms with E-state index in [-0.39, 0.29) is 11.2 Å². The number of rotatable bonds is 2. The van der Waals surface area contributed by atoms with Gasteiger partial charge in [-0.15, -0.1) is 0 Å². The molecule has 0 aromatic heterocycles. The Bertz CT molecular complexity index is 378. The first-order chi connectivity index (χ1) is 6.86. The van der Waals surface area contributed by atoms with Crippen LogP contribution in [-0.4, -0.2) is 12.9 Å². The van der Waals surface area contributed by atoms with Crippen LogP contribution in [0.15, 0.2) is 18.2 Å². The molecule has 1 aromatic carbocycles. The highest BCUT2D eigenvalue weighted by Crippen LogP contribution is 2.27.